The zero-order valence-corrected chi connectivity index (χ0v) is 23.3. The van der Waals surface area contributed by atoms with E-state index in [1.165, 1.54) is 22.3 Å². The summed E-state index contributed by atoms with van der Waals surface area (Å²) in [5.41, 5.74) is 6.72. The van der Waals surface area contributed by atoms with Gasteiger partial charge in [-0.15, -0.1) is 0 Å². The number of carbonyl (C=O) groups is 1. The summed E-state index contributed by atoms with van der Waals surface area (Å²) >= 11 is 0. The smallest absolute Gasteiger partial charge is 0.258 e. The minimum atomic E-state index is -0.129. The molecule has 1 fully saturated rings. The van der Waals surface area contributed by atoms with Crippen LogP contribution in [0.5, 0.6) is 11.5 Å². The van der Waals surface area contributed by atoms with E-state index >= 15 is 0 Å². The first-order valence-corrected chi connectivity index (χ1v) is 14.1. The van der Waals surface area contributed by atoms with Gasteiger partial charge in [-0.2, -0.15) is 0 Å². The van der Waals surface area contributed by atoms with Crippen LogP contribution in [0.4, 0.5) is 5.69 Å². The van der Waals surface area contributed by atoms with Crippen molar-refractivity contribution in [2.45, 2.75) is 31.2 Å². The molecule has 6 rings (SSSR count). The highest BCUT2D eigenvalue weighted by atomic mass is 16.5. The molecule has 40 heavy (non-hydrogen) atoms. The van der Waals surface area contributed by atoms with Gasteiger partial charge in [0.2, 0.25) is 0 Å². The predicted molar refractivity (Wildman–Crippen MR) is 160 cm³/mol. The molecular weight excluding hydrogens is 496 g/mol. The molecule has 2 aliphatic rings. The second-order valence-corrected chi connectivity index (χ2v) is 10.9. The molecule has 0 radical (unpaired) electrons. The Morgan fingerprint density at radius 1 is 0.775 bits per heavy atom. The Kier molecular flexibility index (Phi) is 7.31. The molecule has 5 heteroatoms. The summed E-state index contributed by atoms with van der Waals surface area (Å²) in [4.78, 5) is 17.8. The maximum atomic E-state index is 13.3. The highest BCUT2D eigenvalue weighted by Gasteiger charge is 2.39. The number of fused-ring (bicyclic) bond motifs is 1. The molecule has 0 bridgehead atoms. The maximum absolute atomic E-state index is 13.3. The fourth-order valence-corrected chi connectivity index (χ4v) is 6.45. The first kappa shape index (κ1) is 26.1. The summed E-state index contributed by atoms with van der Waals surface area (Å²) in [6.45, 7) is 3.54. The highest BCUT2D eigenvalue weighted by Crippen LogP contribution is 2.42. The molecule has 4 aromatic carbocycles. The molecule has 0 aromatic heterocycles. The van der Waals surface area contributed by atoms with Crippen molar-refractivity contribution >= 4 is 11.6 Å². The molecule has 0 N–H and O–H groups in total. The lowest BCUT2D eigenvalue weighted by Crippen LogP contribution is -2.46. The van der Waals surface area contributed by atoms with E-state index in [0.717, 1.165) is 68.2 Å². The van der Waals surface area contributed by atoms with E-state index in [2.05, 4.69) is 71.6 Å². The van der Waals surface area contributed by atoms with Crippen LogP contribution in [-0.4, -0.2) is 44.7 Å². The monoisotopic (exact) mass is 532 g/mol. The van der Waals surface area contributed by atoms with Crippen molar-refractivity contribution in [2.24, 2.45) is 0 Å². The molecule has 4 aromatic rings. The standard InChI is InChI=1S/C35H36N2O3/c1-39-31-16-12-29(13-17-31)35(30-14-18-32(40-2)19-15-30)21-5-22-36(25-35)24-26-8-10-28(11-9-26)34(38)37-23-20-27-6-3-4-7-33(27)37/h3-4,6-19H,5,20-25H2,1-2H3. The van der Waals surface area contributed by atoms with Crippen molar-refractivity contribution in [3.05, 3.63) is 125 Å². The van der Waals surface area contributed by atoms with Crippen molar-refractivity contribution in [1.82, 2.24) is 4.90 Å². The van der Waals surface area contributed by atoms with Gasteiger partial charge in [0.1, 0.15) is 11.5 Å². The summed E-state index contributed by atoms with van der Waals surface area (Å²) < 4.78 is 10.9. The zero-order chi connectivity index (χ0) is 27.5. The number of piperidine rings is 1. The number of rotatable bonds is 7. The number of benzene rings is 4. The van der Waals surface area contributed by atoms with Gasteiger partial charge in [-0.25, -0.2) is 0 Å². The van der Waals surface area contributed by atoms with Crippen LogP contribution in [0.2, 0.25) is 0 Å². The number of hydrogen-bond acceptors (Lipinski definition) is 4. The number of hydrogen-bond donors (Lipinski definition) is 0. The molecule has 2 aliphatic heterocycles. The minimum Gasteiger partial charge on any atom is -0.497 e. The summed E-state index contributed by atoms with van der Waals surface area (Å²) in [6.07, 6.45) is 3.09. The van der Waals surface area contributed by atoms with Crippen LogP contribution in [0.25, 0.3) is 0 Å². The van der Waals surface area contributed by atoms with Crippen molar-refractivity contribution in [2.75, 3.05) is 38.8 Å². The number of amides is 1. The lowest BCUT2D eigenvalue weighted by Gasteiger charge is -2.44. The van der Waals surface area contributed by atoms with Crippen LogP contribution in [0.3, 0.4) is 0 Å². The first-order chi connectivity index (χ1) is 19.6. The van der Waals surface area contributed by atoms with E-state index in [-0.39, 0.29) is 11.3 Å². The van der Waals surface area contributed by atoms with Gasteiger partial charge in [-0.1, -0.05) is 54.6 Å². The van der Waals surface area contributed by atoms with Crippen LogP contribution in [0, 0.1) is 0 Å². The molecular formula is C35H36N2O3. The largest absolute Gasteiger partial charge is 0.497 e. The molecule has 0 aliphatic carbocycles. The minimum absolute atomic E-state index is 0.0764. The number of anilines is 1. The number of nitrogens with zero attached hydrogens (tertiary/aromatic N) is 2. The summed E-state index contributed by atoms with van der Waals surface area (Å²) in [5, 5.41) is 0. The van der Waals surface area contributed by atoms with E-state index in [4.69, 9.17) is 9.47 Å². The third kappa shape index (κ3) is 4.98. The van der Waals surface area contributed by atoms with Crippen LogP contribution in [0.1, 0.15) is 45.5 Å². The molecule has 0 unspecified atom stereocenters. The van der Waals surface area contributed by atoms with Gasteiger partial charge in [-0.3, -0.25) is 9.69 Å². The number of para-hydroxylation sites is 1. The maximum Gasteiger partial charge on any atom is 0.258 e. The van der Waals surface area contributed by atoms with Gasteiger partial charge in [-0.05, 0) is 90.5 Å². The lowest BCUT2D eigenvalue weighted by atomic mass is 9.69. The fraction of sp³-hybridized carbons (Fsp3) is 0.286. The van der Waals surface area contributed by atoms with Gasteiger partial charge in [0.25, 0.3) is 5.91 Å². The number of methoxy groups -OCH3 is 2. The van der Waals surface area contributed by atoms with Gasteiger partial charge < -0.3 is 14.4 Å². The van der Waals surface area contributed by atoms with E-state index in [1.54, 1.807) is 14.2 Å². The number of likely N-dealkylation sites (tertiary alicyclic amines) is 1. The first-order valence-electron chi connectivity index (χ1n) is 14.1. The molecule has 204 valence electrons. The quantitative estimate of drug-likeness (QED) is 0.273. The van der Waals surface area contributed by atoms with Gasteiger partial charge in [0.05, 0.1) is 14.2 Å². The highest BCUT2D eigenvalue weighted by molar-refractivity contribution is 6.07. The second kappa shape index (κ2) is 11.2. The summed E-state index contributed by atoms with van der Waals surface area (Å²) in [7, 11) is 3.42. The summed E-state index contributed by atoms with van der Waals surface area (Å²) in [6, 6.07) is 33.5. The van der Waals surface area contributed by atoms with Crippen LogP contribution < -0.4 is 14.4 Å². The van der Waals surface area contributed by atoms with E-state index < -0.39 is 0 Å². The SMILES string of the molecule is COc1ccc(C2(c3ccc(OC)cc3)CCCN(Cc3ccc(C(=O)N4CCc5ccccc54)cc3)C2)cc1. The second-order valence-electron chi connectivity index (χ2n) is 10.9. The number of carbonyl (C=O) groups excluding carboxylic acids is 1. The lowest BCUT2D eigenvalue weighted by molar-refractivity contribution is 0.0989. The Bertz CT molecular complexity index is 1410. The average molecular weight is 533 g/mol. The van der Waals surface area contributed by atoms with Crippen molar-refractivity contribution in [3.8, 4) is 11.5 Å². The number of ether oxygens (including phenoxy) is 2. The molecule has 0 spiro atoms. The Morgan fingerprint density at radius 3 is 2.02 bits per heavy atom. The molecule has 2 heterocycles. The molecule has 1 saturated heterocycles. The van der Waals surface area contributed by atoms with Gasteiger partial charge in [0.15, 0.2) is 0 Å². The molecule has 0 saturated carbocycles. The van der Waals surface area contributed by atoms with Crippen molar-refractivity contribution in [1.29, 1.82) is 0 Å². The predicted octanol–water partition coefficient (Wildman–Crippen LogP) is 6.49. The molecule has 5 nitrogen and oxygen atoms in total. The third-order valence-electron chi connectivity index (χ3n) is 8.60. The zero-order valence-electron chi connectivity index (χ0n) is 23.3. The normalized spacial score (nSPS) is 16.4. The summed E-state index contributed by atoms with van der Waals surface area (Å²) in [5.74, 6) is 1.81. The molecule has 1 amide bonds. The third-order valence-corrected chi connectivity index (χ3v) is 8.60. The fourth-order valence-electron chi connectivity index (χ4n) is 6.45. The van der Waals surface area contributed by atoms with Crippen LogP contribution >= 0.6 is 0 Å². The van der Waals surface area contributed by atoms with Gasteiger partial charge >= 0.3 is 0 Å². The van der Waals surface area contributed by atoms with Crippen molar-refractivity contribution < 1.29 is 14.3 Å². The Labute approximate surface area is 237 Å². The Balaban J connectivity index is 1.22. The van der Waals surface area contributed by atoms with E-state index in [9.17, 15) is 4.79 Å². The van der Waals surface area contributed by atoms with Crippen LogP contribution in [0.15, 0.2) is 97.1 Å². The average Bonchev–Trinajstić information content (AvgIpc) is 3.45. The topological polar surface area (TPSA) is 42.0 Å². The van der Waals surface area contributed by atoms with Crippen molar-refractivity contribution in [3.63, 3.8) is 0 Å². The Morgan fingerprint density at radius 2 is 1.40 bits per heavy atom. The Hall–Kier alpha value is -4.09. The van der Waals surface area contributed by atoms with Crippen LogP contribution in [-0.2, 0) is 18.4 Å². The van der Waals surface area contributed by atoms with Gasteiger partial charge in [0, 0.05) is 36.3 Å². The molecule has 0 atom stereocenters. The van der Waals surface area contributed by atoms with E-state index in [0.29, 0.717) is 0 Å². The van der Waals surface area contributed by atoms with E-state index in [1.807, 2.05) is 35.2 Å².